The van der Waals surface area contributed by atoms with Crippen molar-refractivity contribution < 1.29 is 4.74 Å². The Bertz CT molecular complexity index is 122. The number of hydrogen-bond donors (Lipinski definition) is 1. The molecule has 1 aliphatic heterocycles. The highest BCUT2D eigenvalue weighted by molar-refractivity contribution is 5.82. The predicted molar refractivity (Wildman–Crippen MR) is 36.5 cm³/mol. The van der Waals surface area contributed by atoms with Gasteiger partial charge in [0.05, 0.1) is 18.5 Å². The van der Waals surface area contributed by atoms with Crippen LogP contribution in [0.25, 0.3) is 0 Å². The highest BCUT2D eigenvalue weighted by atomic mass is 16.5. The summed E-state index contributed by atoms with van der Waals surface area (Å²) in [7, 11) is 1.68. The summed E-state index contributed by atoms with van der Waals surface area (Å²) in [5.41, 5.74) is 5.45. The number of methoxy groups -OCH3 is 1. The van der Waals surface area contributed by atoms with E-state index in [2.05, 4.69) is 4.99 Å². The number of ether oxygens (including phenoxy) is 1. The summed E-state index contributed by atoms with van der Waals surface area (Å²) in [5.74, 6) is 0.775. The molecule has 0 amide bonds. The van der Waals surface area contributed by atoms with E-state index in [4.69, 9.17) is 10.5 Å². The molecule has 1 aliphatic rings. The molecule has 0 spiro atoms. The average molecular weight is 128 g/mol. The molecule has 0 aliphatic carbocycles. The molecule has 0 aromatic carbocycles. The van der Waals surface area contributed by atoms with E-state index in [9.17, 15) is 0 Å². The zero-order valence-electron chi connectivity index (χ0n) is 5.63. The molecule has 0 radical (unpaired) electrons. The third-order valence-corrected chi connectivity index (χ3v) is 1.44. The topological polar surface area (TPSA) is 47.6 Å². The van der Waals surface area contributed by atoms with Crippen LogP contribution in [0.3, 0.4) is 0 Å². The first-order valence-electron chi connectivity index (χ1n) is 3.14. The average Bonchev–Trinajstić information content (AvgIpc) is 2.17. The summed E-state index contributed by atoms with van der Waals surface area (Å²) in [5, 5.41) is 0. The van der Waals surface area contributed by atoms with E-state index in [-0.39, 0.29) is 0 Å². The van der Waals surface area contributed by atoms with Crippen LogP contribution in [-0.2, 0) is 4.74 Å². The van der Waals surface area contributed by atoms with Gasteiger partial charge in [0.25, 0.3) is 0 Å². The monoisotopic (exact) mass is 128 g/mol. The number of aliphatic imine (C=N–C) groups is 1. The van der Waals surface area contributed by atoms with E-state index in [1.54, 1.807) is 7.11 Å². The number of nitrogens with two attached hydrogens (primary N) is 1. The number of nitrogens with zero attached hydrogens (tertiary/aromatic N) is 1. The van der Waals surface area contributed by atoms with Gasteiger partial charge in [0.1, 0.15) is 0 Å². The molecule has 0 aromatic rings. The first-order chi connectivity index (χ1) is 4.33. The van der Waals surface area contributed by atoms with Crippen molar-refractivity contribution in [2.75, 3.05) is 13.7 Å². The van der Waals surface area contributed by atoms with Gasteiger partial charge >= 0.3 is 0 Å². The zero-order chi connectivity index (χ0) is 6.69. The number of hydrogen-bond acceptors (Lipinski definition) is 3. The maximum Gasteiger partial charge on any atom is 0.0942 e. The SMILES string of the molecule is COC[C@H]1CCC(N)=N1. The summed E-state index contributed by atoms with van der Waals surface area (Å²) in [6, 6.07) is 0.329. The highest BCUT2D eigenvalue weighted by Gasteiger charge is 2.13. The maximum atomic E-state index is 5.45. The molecule has 1 heterocycles. The molecule has 1 rings (SSSR count). The van der Waals surface area contributed by atoms with Crippen molar-refractivity contribution in [3.63, 3.8) is 0 Å². The smallest absolute Gasteiger partial charge is 0.0942 e. The van der Waals surface area contributed by atoms with Crippen LogP contribution in [0.2, 0.25) is 0 Å². The van der Waals surface area contributed by atoms with Gasteiger partial charge in [0, 0.05) is 13.5 Å². The fraction of sp³-hybridized carbons (Fsp3) is 0.833. The van der Waals surface area contributed by atoms with Crippen LogP contribution in [-0.4, -0.2) is 25.6 Å². The summed E-state index contributed by atoms with van der Waals surface area (Å²) >= 11 is 0. The van der Waals surface area contributed by atoms with Crippen LogP contribution in [0.4, 0.5) is 0 Å². The van der Waals surface area contributed by atoms with Crippen LogP contribution < -0.4 is 5.73 Å². The van der Waals surface area contributed by atoms with Gasteiger partial charge in [-0.2, -0.15) is 0 Å². The van der Waals surface area contributed by atoms with Crippen LogP contribution in [0.15, 0.2) is 4.99 Å². The summed E-state index contributed by atoms with van der Waals surface area (Å²) in [6.45, 7) is 0.709. The Labute approximate surface area is 54.9 Å². The van der Waals surface area contributed by atoms with Crippen molar-refractivity contribution in [1.82, 2.24) is 0 Å². The van der Waals surface area contributed by atoms with Gasteiger partial charge in [-0.25, -0.2) is 0 Å². The lowest BCUT2D eigenvalue weighted by Crippen LogP contribution is -2.08. The maximum absolute atomic E-state index is 5.45. The van der Waals surface area contributed by atoms with Crippen LogP contribution in [0.1, 0.15) is 12.8 Å². The standard InChI is InChI=1S/C6H12N2O/c1-9-4-5-2-3-6(7)8-5/h5H,2-4H2,1H3,(H2,7,8)/t5-/m1/s1. The van der Waals surface area contributed by atoms with E-state index in [1.807, 2.05) is 0 Å². The normalized spacial score (nSPS) is 26.3. The van der Waals surface area contributed by atoms with Crippen LogP contribution >= 0.6 is 0 Å². The Morgan fingerprint density at radius 2 is 2.67 bits per heavy atom. The fourth-order valence-corrected chi connectivity index (χ4v) is 0.991. The molecule has 52 valence electrons. The van der Waals surface area contributed by atoms with Gasteiger partial charge in [0.15, 0.2) is 0 Å². The van der Waals surface area contributed by atoms with Crippen molar-refractivity contribution >= 4 is 5.84 Å². The molecule has 0 saturated carbocycles. The first kappa shape index (κ1) is 6.55. The molecule has 0 fully saturated rings. The van der Waals surface area contributed by atoms with E-state index in [1.165, 1.54) is 0 Å². The van der Waals surface area contributed by atoms with Gasteiger partial charge in [-0.15, -0.1) is 0 Å². The van der Waals surface area contributed by atoms with Crippen LogP contribution in [0, 0.1) is 0 Å². The predicted octanol–water partition coefficient (Wildman–Crippen LogP) is 0.152. The van der Waals surface area contributed by atoms with Gasteiger partial charge in [0.2, 0.25) is 0 Å². The number of rotatable bonds is 2. The van der Waals surface area contributed by atoms with E-state index >= 15 is 0 Å². The van der Waals surface area contributed by atoms with Crippen molar-refractivity contribution in [3.8, 4) is 0 Å². The second-order valence-electron chi connectivity index (χ2n) is 2.27. The molecular weight excluding hydrogens is 116 g/mol. The fourth-order valence-electron chi connectivity index (χ4n) is 0.991. The molecular formula is C6H12N2O. The second kappa shape index (κ2) is 2.82. The highest BCUT2D eigenvalue weighted by Crippen LogP contribution is 2.09. The minimum atomic E-state index is 0.329. The molecule has 3 heteroatoms. The third kappa shape index (κ3) is 1.68. The molecule has 0 saturated heterocycles. The summed E-state index contributed by atoms with van der Waals surface area (Å²) < 4.78 is 4.91. The first-order valence-corrected chi connectivity index (χ1v) is 3.14. The minimum absolute atomic E-state index is 0.329. The third-order valence-electron chi connectivity index (χ3n) is 1.44. The summed E-state index contributed by atoms with van der Waals surface area (Å²) in [4.78, 5) is 4.15. The van der Waals surface area contributed by atoms with Gasteiger partial charge in [-0.1, -0.05) is 0 Å². The van der Waals surface area contributed by atoms with Crippen molar-refractivity contribution in [1.29, 1.82) is 0 Å². The largest absolute Gasteiger partial charge is 0.387 e. The second-order valence-corrected chi connectivity index (χ2v) is 2.27. The quantitative estimate of drug-likeness (QED) is 0.575. The molecule has 0 aromatic heterocycles. The van der Waals surface area contributed by atoms with Gasteiger partial charge in [-0.3, -0.25) is 4.99 Å². The van der Waals surface area contributed by atoms with E-state index in [0.29, 0.717) is 12.6 Å². The molecule has 0 bridgehead atoms. The molecule has 3 nitrogen and oxygen atoms in total. The molecule has 9 heavy (non-hydrogen) atoms. The Kier molecular flexibility index (Phi) is 2.05. The summed E-state index contributed by atoms with van der Waals surface area (Å²) in [6.07, 6.45) is 1.99. The Hall–Kier alpha value is -0.570. The zero-order valence-corrected chi connectivity index (χ0v) is 5.63. The Balaban J connectivity index is 2.29. The number of amidine groups is 1. The van der Waals surface area contributed by atoms with E-state index in [0.717, 1.165) is 18.7 Å². The minimum Gasteiger partial charge on any atom is -0.387 e. The van der Waals surface area contributed by atoms with Gasteiger partial charge < -0.3 is 10.5 Å². The van der Waals surface area contributed by atoms with Crippen molar-refractivity contribution in [2.45, 2.75) is 18.9 Å². The van der Waals surface area contributed by atoms with Crippen molar-refractivity contribution in [3.05, 3.63) is 0 Å². The molecule has 1 atom stereocenters. The lowest BCUT2D eigenvalue weighted by atomic mass is 10.2. The lowest BCUT2D eigenvalue weighted by molar-refractivity contribution is 0.181. The lowest BCUT2D eigenvalue weighted by Gasteiger charge is -2.01. The Morgan fingerprint density at radius 3 is 3.11 bits per heavy atom. The van der Waals surface area contributed by atoms with Crippen molar-refractivity contribution in [2.24, 2.45) is 10.7 Å². The Morgan fingerprint density at radius 1 is 1.89 bits per heavy atom. The van der Waals surface area contributed by atoms with Gasteiger partial charge in [-0.05, 0) is 6.42 Å². The molecule has 2 N–H and O–H groups in total. The molecule has 0 unspecified atom stereocenters. The van der Waals surface area contributed by atoms with E-state index < -0.39 is 0 Å². The van der Waals surface area contributed by atoms with Crippen LogP contribution in [0.5, 0.6) is 0 Å².